The van der Waals surface area contributed by atoms with Crippen molar-refractivity contribution in [3.05, 3.63) is 113 Å². The highest BCUT2D eigenvalue weighted by Gasteiger charge is 2.15. The Bertz CT molecular complexity index is 1080. The van der Waals surface area contributed by atoms with Gasteiger partial charge < -0.3 is 4.98 Å². The SMILES string of the molecule is N#Cc1ccc2[nH]cc(C(/C=C/c3ccccc3)c3ccccc3)c2c1. The number of hydrogen-bond donors (Lipinski definition) is 1. The Morgan fingerprint density at radius 2 is 1.62 bits per heavy atom. The molecule has 0 bridgehead atoms. The Hall–Kier alpha value is -3.57. The van der Waals surface area contributed by atoms with Gasteiger partial charge >= 0.3 is 0 Å². The zero-order chi connectivity index (χ0) is 17.8. The molecule has 0 aliphatic rings. The van der Waals surface area contributed by atoms with Gasteiger partial charge in [0.2, 0.25) is 0 Å². The molecule has 0 aliphatic heterocycles. The van der Waals surface area contributed by atoms with Gasteiger partial charge in [-0.25, -0.2) is 0 Å². The number of allylic oxidation sites excluding steroid dienone is 1. The molecule has 1 unspecified atom stereocenters. The van der Waals surface area contributed by atoms with E-state index in [2.05, 4.69) is 65.8 Å². The lowest BCUT2D eigenvalue weighted by molar-refractivity contribution is 1.04. The van der Waals surface area contributed by atoms with Gasteiger partial charge in [0.15, 0.2) is 0 Å². The summed E-state index contributed by atoms with van der Waals surface area (Å²) in [6.07, 6.45) is 6.44. The van der Waals surface area contributed by atoms with Crippen LogP contribution >= 0.6 is 0 Å². The fourth-order valence-corrected chi connectivity index (χ4v) is 3.30. The zero-order valence-electron chi connectivity index (χ0n) is 14.3. The lowest BCUT2D eigenvalue weighted by Crippen LogP contribution is -1.97. The quantitative estimate of drug-likeness (QED) is 0.497. The monoisotopic (exact) mass is 334 g/mol. The van der Waals surface area contributed by atoms with Gasteiger partial charge in [-0.15, -0.1) is 0 Å². The molecule has 1 heterocycles. The van der Waals surface area contributed by atoms with Crippen LogP contribution in [0.2, 0.25) is 0 Å². The molecule has 0 saturated carbocycles. The summed E-state index contributed by atoms with van der Waals surface area (Å²) in [7, 11) is 0. The van der Waals surface area contributed by atoms with E-state index >= 15 is 0 Å². The van der Waals surface area contributed by atoms with Crippen molar-refractivity contribution in [2.75, 3.05) is 0 Å². The van der Waals surface area contributed by atoms with E-state index in [9.17, 15) is 5.26 Å². The molecule has 0 fully saturated rings. The number of H-pyrrole nitrogens is 1. The Balaban J connectivity index is 1.84. The van der Waals surface area contributed by atoms with Crippen LogP contribution in [0.4, 0.5) is 0 Å². The lowest BCUT2D eigenvalue weighted by Gasteiger charge is -2.13. The van der Waals surface area contributed by atoms with E-state index in [0.29, 0.717) is 5.56 Å². The first kappa shape index (κ1) is 15.9. The maximum absolute atomic E-state index is 9.26. The van der Waals surface area contributed by atoms with Crippen LogP contribution in [0, 0.1) is 11.3 Å². The molecule has 0 spiro atoms. The third-order valence-corrected chi connectivity index (χ3v) is 4.62. The van der Waals surface area contributed by atoms with Crippen molar-refractivity contribution >= 4 is 17.0 Å². The molecule has 124 valence electrons. The van der Waals surface area contributed by atoms with Gasteiger partial charge in [-0.2, -0.15) is 5.26 Å². The normalized spacial score (nSPS) is 12.3. The van der Waals surface area contributed by atoms with E-state index in [4.69, 9.17) is 0 Å². The molecule has 2 nitrogen and oxygen atoms in total. The van der Waals surface area contributed by atoms with E-state index in [-0.39, 0.29) is 5.92 Å². The standard InChI is InChI=1S/C24H18N2/c25-16-19-12-14-24-22(15-19)23(17-26-24)21(20-9-5-2-6-10-20)13-11-18-7-3-1-4-8-18/h1-15,17,21,26H/b13-11+. The highest BCUT2D eigenvalue weighted by Crippen LogP contribution is 2.33. The van der Waals surface area contributed by atoms with Gasteiger partial charge in [0.05, 0.1) is 11.6 Å². The molecule has 1 aromatic heterocycles. The summed E-state index contributed by atoms with van der Waals surface area (Å²) in [5, 5.41) is 10.4. The fourth-order valence-electron chi connectivity index (χ4n) is 3.30. The Kier molecular flexibility index (Phi) is 4.37. The van der Waals surface area contributed by atoms with Gasteiger partial charge in [0.25, 0.3) is 0 Å². The van der Waals surface area contributed by atoms with E-state index in [1.807, 2.05) is 42.5 Å². The number of hydrogen-bond acceptors (Lipinski definition) is 1. The lowest BCUT2D eigenvalue weighted by atomic mass is 9.90. The molecule has 0 saturated heterocycles. The minimum atomic E-state index is 0.110. The van der Waals surface area contributed by atoms with Gasteiger partial charge in [-0.1, -0.05) is 72.8 Å². The van der Waals surface area contributed by atoms with Crippen LogP contribution in [0.5, 0.6) is 0 Å². The van der Waals surface area contributed by atoms with Crippen LogP contribution in [0.15, 0.2) is 91.1 Å². The summed E-state index contributed by atoms with van der Waals surface area (Å²) in [5.74, 6) is 0.110. The van der Waals surface area contributed by atoms with Gasteiger partial charge in [0, 0.05) is 23.0 Å². The van der Waals surface area contributed by atoms with Crippen molar-refractivity contribution in [3.8, 4) is 6.07 Å². The fraction of sp³-hybridized carbons (Fsp3) is 0.0417. The van der Waals surface area contributed by atoms with Crippen LogP contribution in [-0.4, -0.2) is 4.98 Å². The Morgan fingerprint density at radius 3 is 2.35 bits per heavy atom. The number of nitriles is 1. The summed E-state index contributed by atoms with van der Waals surface area (Å²) < 4.78 is 0. The molecule has 0 radical (unpaired) electrons. The second-order valence-electron chi connectivity index (χ2n) is 6.27. The number of rotatable bonds is 4. The van der Waals surface area contributed by atoms with Crippen LogP contribution in [0.1, 0.15) is 28.2 Å². The number of aromatic amines is 1. The van der Waals surface area contributed by atoms with Crippen molar-refractivity contribution in [1.82, 2.24) is 4.98 Å². The van der Waals surface area contributed by atoms with E-state index in [0.717, 1.165) is 10.9 Å². The largest absolute Gasteiger partial charge is 0.361 e. The molecule has 4 aromatic rings. The molecule has 3 aromatic carbocycles. The van der Waals surface area contributed by atoms with Crippen molar-refractivity contribution in [1.29, 1.82) is 5.26 Å². The number of nitrogens with zero attached hydrogens (tertiary/aromatic N) is 1. The van der Waals surface area contributed by atoms with Gasteiger partial charge in [-0.3, -0.25) is 0 Å². The molecule has 4 rings (SSSR count). The first-order valence-corrected chi connectivity index (χ1v) is 8.64. The van der Waals surface area contributed by atoms with Crippen molar-refractivity contribution in [3.63, 3.8) is 0 Å². The van der Waals surface area contributed by atoms with Crippen molar-refractivity contribution in [2.45, 2.75) is 5.92 Å². The molecular formula is C24H18N2. The minimum Gasteiger partial charge on any atom is -0.361 e. The van der Waals surface area contributed by atoms with Gasteiger partial charge in [-0.05, 0) is 34.9 Å². The number of aromatic nitrogens is 1. The summed E-state index contributed by atoms with van der Waals surface area (Å²) >= 11 is 0. The maximum Gasteiger partial charge on any atom is 0.0991 e. The molecule has 0 aliphatic carbocycles. The first-order valence-electron chi connectivity index (χ1n) is 8.64. The van der Waals surface area contributed by atoms with Crippen LogP contribution in [0.3, 0.4) is 0 Å². The number of nitrogens with one attached hydrogen (secondary N) is 1. The maximum atomic E-state index is 9.26. The summed E-state index contributed by atoms with van der Waals surface area (Å²) in [6, 6.07) is 28.8. The number of fused-ring (bicyclic) bond motifs is 1. The molecule has 1 atom stereocenters. The average Bonchev–Trinajstić information content (AvgIpc) is 3.13. The predicted molar refractivity (Wildman–Crippen MR) is 107 cm³/mol. The highest BCUT2D eigenvalue weighted by molar-refractivity contribution is 5.86. The first-order chi connectivity index (χ1) is 12.8. The molecule has 0 amide bonds. The van der Waals surface area contributed by atoms with Gasteiger partial charge in [0.1, 0.15) is 0 Å². The third-order valence-electron chi connectivity index (χ3n) is 4.62. The Labute approximate surface area is 153 Å². The summed E-state index contributed by atoms with van der Waals surface area (Å²) in [4.78, 5) is 3.34. The molecule has 2 heteroatoms. The molecule has 26 heavy (non-hydrogen) atoms. The zero-order valence-corrected chi connectivity index (χ0v) is 14.3. The van der Waals surface area contributed by atoms with Crippen molar-refractivity contribution < 1.29 is 0 Å². The Morgan fingerprint density at radius 1 is 0.885 bits per heavy atom. The average molecular weight is 334 g/mol. The second kappa shape index (κ2) is 7.13. The van der Waals surface area contributed by atoms with E-state index in [1.165, 1.54) is 16.7 Å². The van der Waals surface area contributed by atoms with E-state index < -0.39 is 0 Å². The van der Waals surface area contributed by atoms with Crippen LogP contribution < -0.4 is 0 Å². The third kappa shape index (κ3) is 3.16. The van der Waals surface area contributed by atoms with Crippen LogP contribution in [0.25, 0.3) is 17.0 Å². The predicted octanol–water partition coefficient (Wildman–Crippen LogP) is 5.88. The molecule has 1 N–H and O–H groups in total. The minimum absolute atomic E-state index is 0.110. The second-order valence-corrected chi connectivity index (χ2v) is 6.27. The molecular weight excluding hydrogens is 316 g/mol. The summed E-state index contributed by atoms with van der Waals surface area (Å²) in [5.41, 5.74) is 5.30. The summed E-state index contributed by atoms with van der Waals surface area (Å²) in [6.45, 7) is 0. The van der Waals surface area contributed by atoms with E-state index in [1.54, 1.807) is 0 Å². The number of benzene rings is 3. The van der Waals surface area contributed by atoms with Crippen molar-refractivity contribution in [2.24, 2.45) is 0 Å². The van der Waals surface area contributed by atoms with Crippen LogP contribution in [-0.2, 0) is 0 Å². The smallest absolute Gasteiger partial charge is 0.0991 e. The topological polar surface area (TPSA) is 39.6 Å². The highest BCUT2D eigenvalue weighted by atomic mass is 14.7.